The predicted octanol–water partition coefficient (Wildman–Crippen LogP) is 2.01. The van der Waals surface area contributed by atoms with Crippen LogP contribution in [0.25, 0.3) is 0 Å². The van der Waals surface area contributed by atoms with E-state index in [0.29, 0.717) is 6.54 Å². The Morgan fingerprint density at radius 2 is 2.15 bits per heavy atom. The first-order valence-corrected chi connectivity index (χ1v) is 6.67. The van der Waals surface area contributed by atoms with Crippen LogP contribution in [0, 0.1) is 6.92 Å². The van der Waals surface area contributed by atoms with Crippen LogP contribution in [0.15, 0.2) is 6.20 Å². The van der Waals surface area contributed by atoms with Gasteiger partial charge in [-0.3, -0.25) is 4.79 Å². The maximum atomic E-state index is 11.9. The average Bonchev–Trinajstić information content (AvgIpc) is 2.73. The van der Waals surface area contributed by atoms with E-state index in [1.165, 1.54) is 0 Å². The topological polar surface area (TPSA) is 77.2 Å². The van der Waals surface area contributed by atoms with Crippen molar-refractivity contribution in [2.24, 2.45) is 5.73 Å². The Morgan fingerprint density at radius 3 is 2.55 bits per heavy atom. The largest absolute Gasteiger partial charge is 0.380 e. The van der Waals surface area contributed by atoms with E-state index in [2.05, 4.69) is 10.3 Å². The summed E-state index contributed by atoms with van der Waals surface area (Å²) in [5.41, 5.74) is 5.03. The van der Waals surface area contributed by atoms with Gasteiger partial charge in [-0.2, -0.15) is 0 Å². The summed E-state index contributed by atoms with van der Waals surface area (Å²) in [6.07, 6.45) is 1.84. The molecule has 5 nitrogen and oxygen atoms in total. The molecule has 1 aromatic rings. The number of carbonyl (C=O) groups excluding carboxylic acids is 1. The highest BCUT2D eigenvalue weighted by atomic mass is 35.5. The van der Waals surface area contributed by atoms with Gasteiger partial charge in [-0.1, -0.05) is 0 Å². The molecule has 0 saturated heterocycles. The van der Waals surface area contributed by atoms with Crippen molar-refractivity contribution < 1.29 is 9.53 Å². The maximum absolute atomic E-state index is 11.9. The van der Waals surface area contributed by atoms with Crippen molar-refractivity contribution >= 4 is 42.1 Å². The fourth-order valence-electron chi connectivity index (χ4n) is 1.57. The number of hydrogen-bond acceptors (Lipinski definition) is 5. The second-order valence-electron chi connectivity index (χ2n) is 4.75. The summed E-state index contributed by atoms with van der Waals surface area (Å²) < 4.78 is 5.10. The second-order valence-corrected chi connectivity index (χ2v) is 5.98. The van der Waals surface area contributed by atoms with Crippen molar-refractivity contribution in [2.75, 3.05) is 13.7 Å². The first-order valence-electron chi connectivity index (χ1n) is 5.86. The Labute approximate surface area is 136 Å². The molecule has 1 rings (SSSR count). The van der Waals surface area contributed by atoms with Gasteiger partial charge >= 0.3 is 0 Å². The summed E-state index contributed by atoms with van der Waals surface area (Å²) in [5.74, 6) is -0.0786. The van der Waals surface area contributed by atoms with Gasteiger partial charge in [-0.25, -0.2) is 4.98 Å². The monoisotopic (exact) mass is 343 g/mol. The first kappa shape index (κ1) is 21.9. The smallest absolute Gasteiger partial charge is 0.223 e. The lowest BCUT2D eigenvalue weighted by Gasteiger charge is -2.25. The minimum absolute atomic E-state index is 0. The summed E-state index contributed by atoms with van der Waals surface area (Å²) in [7, 11) is 1.56. The van der Waals surface area contributed by atoms with Crippen LogP contribution in [0.4, 0.5) is 0 Å². The Hall–Kier alpha value is -0.400. The number of nitrogens with zero attached hydrogens (tertiary/aromatic N) is 1. The SMILES string of the molecule is COC(CN)CC(=O)NC(C)(C)c1ncc(C)s1.Cl.Cl. The van der Waals surface area contributed by atoms with Crippen molar-refractivity contribution in [1.82, 2.24) is 10.3 Å². The van der Waals surface area contributed by atoms with Crippen LogP contribution in [0.5, 0.6) is 0 Å². The molecule has 0 fully saturated rings. The van der Waals surface area contributed by atoms with Crippen LogP contribution in [-0.2, 0) is 15.1 Å². The van der Waals surface area contributed by atoms with Gasteiger partial charge in [-0.05, 0) is 20.8 Å². The second kappa shape index (κ2) is 9.52. The van der Waals surface area contributed by atoms with E-state index in [1.54, 1.807) is 18.4 Å². The summed E-state index contributed by atoms with van der Waals surface area (Å²) in [5, 5.41) is 3.86. The average molecular weight is 344 g/mol. The number of nitrogens with one attached hydrogen (secondary N) is 1. The van der Waals surface area contributed by atoms with Crippen molar-refractivity contribution in [3.05, 3.63) is 16.1 Å². The zero-order chi connectivity index (χ0) is 13.8. The third-order valence-electron chi connectivity index (χ3n) is 2.62. The Kier molecular flexibility index (Phi) is 10.4. The minimum Gasteiger partial charge on any atom is -0.380 e. The molecule has 0 bridgehead atoms. The highest BCUT2D eigenvalue weighted by molar-refractivity contribution is 7.11. The van der Waals surface area contributed by atoms with Gasteiger partial charge in [-0.15, -0.1) is 36.2 Å². The molecule has 8 heteroatoms. The minimum atomic E-state index is -0.469. The molecule has 20 heavy (non-hydrogen) atoms. The molecule has 1 unspecified atom stereocenters. The Balaban J connectivity index is 0. The standard InChI is InChI=1S/C12H21N3O2S.2ClH/c1-8-7-14-11(18-8)12(2,3)15-10(16)5-9(6-13)17-4;;/h7,9H,5-6,13H2,1-4H3,(H,15,16);2*1H. The van der Waals surface area contributed by atoms with Crippen molar-refractivity contribution in [2.45, 2.75) is 38.8 Å². The molecular formula is C12H23Cl2N3O2S. The fourth-order valence-corrected chi connectivity index (χ4v) is 2.39. The molecule has 1 aromatic heterocycles. The van der Waals surface area contributed by atoms with Gasteiger partial charge in [0.15, 0.2) is 0 Å². The first-order chi connectivity index (χ1) is 8.39. The van der Waals surface area contributed by atoms with Crippen molar-refractivity contribution in [3.63, 3.8) is 0 Å². The lowest BCUT2D eigenvalue weighted by Crippen LogP contribution is -2.43. The zero-order valence-electron chi connectivity index (χ0n) is 12.1. The summed E-state index contributed by atoms with van der Waals surface area (Å²) in [4.78, 5) is 17.3. The molecule has 3 N–H and O–H groups in total. The molecule has 0 saturated carbocycles. The zero-order valence-corrected chi connectivity index (χ0v) is 14.6. The number of thiazole rings is 1. The molecule has 1 heterocycles. The summed E-state index contributed by atoms with van der Waals surface area (Å²) >= 11 is 1.59. The van der Waals surface area contributed by atoms with Gasteiger partial charge < -0.3 is 15.8 Å². The third kappa shape index (κ3) is 6.37. The van der Waals surface area contributed by atoms with Gasteiger partial charge in [0.1, 0.15) is 5.01 Å². The lowest BCUT2D eigenvalue weighted by atomic mass is 10.1. The van der Waals surface area contributed by atoms with Gasteiger partial charge in [0.25, 0.3) is 0 Å². The van der Waals surface area contributed by atoms with Crippen molar-refractivity contribution in [3.8, 4) is 0 Å². The highest BCUT2D eigenvalue weighted by Crippen LogP contribution is 2.24. The number of methoxy groups -OCH3 is 1. The van der Waals surface area contributed by atoms with Gasteiger partial charge in [0, 0.05) is 24.7 Å². The van der Waals surface area contributed by atoms with Crippen LogP contribution in [0.3, 0.4) is 0 Å². The predicted molar refractivity (Wildman–Crippen MR) is 87.0 cm³/mol. The molecule has 0 aliphatic heterocycles. The number of amides is 1. The van der Waals surface area contributed by atoms with Crippen LogP contribution in [-0.4, -0.2) is 30.6 Å². The van der Waals surface area contributed by atoms with Crippen LogP contribution >= 0.6 is 36.2 Å². The van der Waals surface area contributed by atoms with Gasteiger partial charge in [0.05, 0.1) is 18.1 Å². The maximum Gasteiger partial charge on any atom is 0.223 e. The molecule has 118 valence electrons. The molecule has 0 aromatic carbocycles. The number of halogens is 2. The molecule has 0 spiro atoms. The Morgan fingerprint density at radius 1 is 1.55 bits per heavy atom. The normalized spacial score (nSPS) is 12.1. The summed E-state index contributed by atoms with van der Waals surface area (Å²) in [6, 6.07) is 0. The number of nitrogens with two attached hydrogens (primary N) is 1. The molecule has 1 atom stereocenters. The molecule has 0 aliphatic rings. The van der Waals surface area contributed by atoms with E-state index in [0.717, 1.165) is 9.88 Å². The molecule has 0 aliphatic carbocycles. The van der Waals surface area contributed by atoms with E-state index < -0.39 is 5.54 Å². The number of aromatic nitrogens is 1. The van der Waals surface area contributed by atoms with E-state index in [-0.39, 0.29) is 43.2 Å². The molecule has 0 radical (unpaired) electrons. The number of hydrogen-bond donors (Lipinski definition) is 2. The van der Waals surface area contributed by atoms with Crippen LogP contribution < -0.4 is 11.1 Å². The van der Waals surface area contributed by atoms with E-state index in [9.17, 15) is 4.79 Å². The van der Waals surface area contributed by atoms with E-state index in [4.69, 9.17) is 10.5 Å². The molecule has 1 amide bonds. The number of aryl methyl sites for hydroxylation is 1. The van der Waals surface area contributed by atoms with Crippen LogP contribution in [0.2, 0.25) is 0 Å². The third-order valence-corrected chi connectivity index (χ3v) is 3.85. The van der Waals surface area contributed by atoms with E-state index >= 15 is 0 Å². The van der Waals surface area contributed by atoms with Gasteiger partial charge in [0.2, 0.25) is 5.91 Å². The number of rotatable bonds is 6. The van der Waals surface area contributed by atoms with E-state index in [1.807, 2.05) is 27.0 Å². The van der Waals surface area contributed by atoms with Crippen LogP contribution in [0.1, 0.15) is 30.2 Å². The highest BCUT2D eigenvalue weighted by Gasteiger charge is 2.26. The quantitative estimate of drug-likeness (QED) is 0.828. The van der Waals surface area contributed by atoms with Crippen molar-refractivity contribution in [1.29, 1.82) is 0 Å². The molecular weight excluding hydrogens is 321 g/mol. The summed E-state index contributed by atoms with van der Waals surface area (Å²) in [6.45, 7) is 6.20. The Bertz CT molecular complexity index is 409. The number of ether oxygens (including phenoxy) is 1. The fraction of sp³-hybridized carbons (Fsp3) is 0.667. The number of carbonyl (C=O) groups is 1. The lowest BCUT2D eigenvalue weighted by molar-refractivity contribution is -0.125.